The Morgan fingerprint density at radius 1 is 1.23 bits per heavy atom. The number of unbranched alkanes of at least 4 members (excludes halogenated alkanes) is 2. The molecule has 0 aromatic heterocycles. The monoisotopic (exact) mass is 485 g/mol. The average Bonchev–Trinajstić information content (AvgIpc) is 3.13. The molecule has 1 heterocycles. The SMILES string of the molecule is CCNC(=NCCCOCC1CCOC1)NCCCCCC(=O)OC.I. The molecule has 0 amide bonds. The third-order valence-electron chi connectivity index (χ3n) is 4.02. The molecule has 7 nitrogen and oxygen atoms in total. The summed E-state index contributed by atoms with van der Waals surface area (Å²) >= 11 is 0. The molecule has 1 unspecified atom stereocenters. The first kappa shape index (κ1) is 25.4. The molecule has 1 aliphatic rings. The highest BCUT2D eigenvalue weighted by atomic mass is 127. The standard InChI is InChI=1S/C18H35N3O4.HI/c1-3-19-18(20-10-6-4-5-8-17(22)23-2)21-11-7-12-24-14-16-9-13-25-15-16;/h16H,3-15H2,1-2H3,(H2,19,20,21);1H. The predicted octanol–water partition coefficient (Wildman–Crippen LogP) is 2.34. The molecule has 154 valence electrons. The molecule has 0 saturated carbocycles. The number of halogens is 1. The molecule has 1 saturated heterocycles. The highest BCUT2D eigenvalue weighted by Crippen LogP contribution is 2.12. The summed E-state index contributed by atoms with van der Waals surface area (Å²) in [5.41, 5.74) is 0. The fourth-order valence-electron chi connectivity index (χ4n) is 2.54. The van der Waals surface area contributed by atoms with Gasteiger partial charge in [-0.15, -0.1) is 24.0 Å². The van der Waals surface area contributed by atoms with Gasteiger partial charge in [0.15, 0.2) is 5.96 Å². The normalized spacial score (nSPS) is 16.8. The van der Waals surface area contributed by atoms with E-state index in [0.29, 0.717) is 12.3 Å². The van der Waals surface area contributed by atoms with Gasteiger partial charge in [0.05, 0.1) is 20.3 Å². The van der Waals surface area contributed by atoms with E-state index in [-0.39, 0.29) is 29.9 Å². The van der Waals surface area contributed by atoms with E-state index in [0.717, 1.165) is 84.1 Å². The summed E-state index contributed by atoms with van der Waals surface area (Å²) in [5, 5.41) is 6.57. The van der Waals surface area contributed by atoms with E-state index in [4.69, 9.17) is 9.47 Å². The lowest BCUT2D eigenvalue weighted by atomic mass is 10.1. The van der Waals surface area contributed by atoms with Gasteiger partial charge in [-0.2, -0.15) is 0 Å². The summed E-state index contributed by atoms with van der Waals surface area (Å²) < 4.78 is 15.6. The number of guanidine groups is 1. The van der Waals surface area contributed by atoms with E-state index in [2.05, 4.69) is 27.3 Å². The number of methoxy groups -OCH3 is 1. The quantitative estimate of drug-likeness (QED) is 0.137. The first-order valence-corrected chi connectivity index (χ1v) is 9.50. The number of esters is 1. The summed E-state index contributed by atoms with van der Waals surface area (Å²) in [6.07, 6.45) is 5.41. The Bertz CT molecular complexity index is 377. The van der Waals surface area contributed by atoms with Gasteiger partial charge in [-0.25, -0.2) is 0 Å². The molecule has 1 rings (SSSR count). The van der Waals surface area contributed by atoms with E-state index in [1.165, 1.54) is 7.11 Å². The molecule has 1 atom stereocenters. The van der Waals surface area contributed by atoms with Gasteiger partial charge in [0.1, 0.15) is 0 Å². The van der Waals surface area contributed by atoms with Crippen molar-refractivity contribution in [1.29, 1.82) is 0 Å². The van der Waals surface area contributed by atoms with E-state index in [1.807, 2.05) is 0 Å². The van der Waals surface area contributed by atoms with E-state index < -0.39 is 0 Å². The second-order valence-electron chi connectivity index (χ2n) is 6.23. The third-order valence-corrected chi connectivity index (χ3v) is 4.02. The average molecular weight is 485 g/mol. The molecule has 0 aromatic carbocycles. The van der Waals surface area contributed by atoms with Crippen molar-refractivity contribution in [2.45, 2.75) is 45.4 Å². The number of nitrogens with one attached hydrogen (secondary N) is 2. The zero-order chi connectivity index (χ0) is 18.2. The highest BCUT2D eigenvalue weighted by molar-refractivity contribution is 14.0. The van der Waals surface area contributed by atoms with Crippen LogP contribution in [0, 0.1) is 5.92 Å². The van der Waals surface area contributed by atoms with Gasteiger partial charge in [-0.1, -0.05) is 6.42 Å². The Morgan fingerprint density at radius 2 is 2.08 bits per heavy atom. The Kier molecular flexibility index (Phi) is 17.4. The lowest BCUT2D eigenvalue weighted by molar-refractivity contribution is -0.140. The molecule has 26 heavy (non-hydrogen) atoms. The summed E-state index contributed by atoms with van der Waals surface area (Å²) in [4.78, 5) is 15.6. The zero-order valence-electron chi connectivity index (χ0n) is 16.3. The van der Waals surface area contributed by atoms with Crippen molar-refractivity contribution in [3.05, 3.63) is 0 Å². The van der Waals surface area contributed by atoms with Crippen LogP contribution >= 0.6 is 24.0 Å². The highest BCUT2D eigenvalue weighted by Gasteiger charge is 2.15. The minimum Gasteiger partial charge on any atom is -0.469 e. The molecule has 0 spiro atoms. The summed E-state index contributed by atoms with van der Waals surface area (Å²) in [7, 11) is 1.43. The third kappa shape index (κ3) is 13.6. The van der Waals surface area contributed by atoms with Crippen LogP contribution in [0.25, 0.3) is 0 Å². The Balaban J connectivity index is 0.00000625. The van der Waals surface area contributed by atoms with Gasteiger partial charge >= 0.3 is 5.97 Å². The zero-order valence-corrected chi connectivity index (χ0v) is 18.6. The number of aliphatic imine (C=N–C) groups is 1. The summed E-state index contributed by atoms with van der Waals surface area (Å²) in [6, 6.07) is 0. The van der Waals surface area contributed by atoms with Crippen LogP contribution in [0.3, 0.4) is 0 Å². The van der Waals surface area contributed by atoms with Gasteiger partial charge in [-0.3, -0.25) is 9.79 Å². The molecular weight excluding hydrogens is 449 g/mol. The van der Waals surface area contributed by atoms with Gasteiger partial charge in [-0.05, 0) is 32.6 Å². The van der Waals surface area contributed by atoms with Crippen molar-refractivity contribution in [3.63, 3.8) is 0 Å². The van der Waals surface area contributed by atoms with Gasteiger partial charge < -0.3 is 24.8 Å². The van der Waals surface area contributed by atoms with Crippen LogP contribution in [0.4, 0.5) is 0 Å². The van der Waals surface area contributed by atoms with Crippen LogP contribution in [-0.4, -0.2) is 65.1 Å². The van der Waals surface area contributed by atoms with E-state index in [1.54, 1.807) is 0 Å². The fourth-order valence-corrected chi connectivity index (χ4v) is 2.54. The molecular formula is C18H36IN3O4. The number of carbonyl (C=O) groups excluding carboxylic acids is 1. The maximum atomic E-state index is 11.0. The summed E-state index contributed by atoms with van der Waals surface area (Å²) in [6.45, 7) is 7.75. The molecule has 0 radical (unpaired) electrons. The van der Waals surface area contributed by atoms with E-state index in [9.17, 15) is 4.79 Å². The van der Waals surface area contributed by atoms with Crippen LogP contribution in [0.1, 0.15) is 45.4 Å². The second-order valence-corrected chi connectivity index (χ2v) is 6.23. The maximum absolute atomic E-state index is 11.0. The smallest absolute Gasteiger partial charge is 0.305 e. The predicted molar refractivity (Wildman–Crippen MR) is 114 cm³/mol. The minimum atomic E-state index is -0.134. The first-order valence-electron chi connectivity index (χ1n) is 9.50. The first-order chi connectivity index (χ1) is 12.3. The Morgan fingerprint density at radius 3 is 2.77 bits per heavy atom. The van der Waals surface area contributed by atoms with Crippen molar-refractivity contribution < 1.29 is 19.0 Å². The molecule has 1 fully saturated rings. The second kappa shape index (κ2) is 17.8. The lowest BCUT2D eigenvalue weighted by Crippen LogP contribution is -2.37. The number of hydrogen-bond acceptors (Lipinski definition) is 5. The maximum Gasteiger partial charge on any atom is 0.305 e. The molecule has 0 bridgehead atoms. The number of ether oxygens (including phenoxy) is 3. The van der Waals surface area contributed by atoms with Crippen LogP contribution in [0.2, 0.25) is 0 Å². The summed E-state index contributed by atoms with van der Waals surface area (Å²) in [5.74, 6) is 1.28. The lowest BCUT2D eigenvalue weighted by Gasteiger charge is -2.11. The van der Waals surface area contributed by atoms with Crippen molar-refractivity contribution >= 4 is 35.9 Å². The van der Waals surface area contributed by atoms with Gasteiger partial charge in [0.2, 0.25) is 0 Å². The van der Waals surface area contributed by atoms with Crippen LogP contribution in [0.15, 0.2) is 4.99 Å². The van der Waals surface area contributed by atoms with Crippen molar-refractivity contribution in [2.75, 3.05) is 53.2 Å². The molecule has 0 aromatic rings. The fraction of sp³-hybridized carbons (Fsp3) is 0.889. The number of rotatable bonds is 13. The number of nitrogens with zero attached hydrogens (tertiary/aromatic N) is 1. The van der Waals surface area contributed by atoms with Gasteiger partial charge in [0.25, 0.3) is 0 Å². The van der Waals surface area contributed by atoms with Gasteiger partial charge in [0, 0.05) is 45.2 Å². The molecule has 1 aliphatic heterocycles. The molecule has 0 aliphatic carbocycles. The largest absolute Gasteiger partial charge is 0.469 e. The molecule has 2 N–H and O–H groups in total. The van der Waals surface area contributed by atoms with Crippen molar-refractivity contribution in [1.82, 2.24) is 10.6 Å². The van der Waals surface area contributed by atoms with Crippen LogP contribution in [0.5, 0.6) is 0 Å². The van der Waals surface area contributed by atoms with Crippen LogP contribution in [-0.2, 0) is 19.0 Å². The Labute approximate surface area is 175 Å². The minimum absolute atomic E-state index is 0. The topological polar surface area (TPSA) is 81.2 Å². The number of carbonyl (C=O) groups is 1. The van der Waals surface area contributed by atoms with Crippen molar-refractivity contribution in [2.24, 2.45) is 10.9 Å². The molecule has 8 heteroatoms. The number of hydrogen-bond donors (Lipinski definition) is 2. The van der Waals surface area contributed by atoms with Crippen molar-refractivity contribution in [3.8, 4) is 0 Å². The Hall–Kier alpha value is -0.610. The van der Waals surface area contributed by atoms with E-state index >= 15 is 0 Å². The van der Waals surface area contributed by atoms with Crippen LogP contribution < -0.4 is 10.6 Å².